The molecule has 0 aliphatic carbocycles. The van der Waals surface area contributed by atoms with Crippen molar-refractivity contribution in [1.29, 1.82) is 0 Å². The topological polar surface area (TPSA) is 31.2 Å². The van der Waals surface area contributed by atoms with E-state index in [1.165, 1.54) is 4.73 Å². The molecule has 0 atom stereocenters. The second-order valence-electron chi connectivity index (χ2n) is 4.09. The first-order chi connectivity index (χ1) is 9.24. The maximum atomic E-state index is 12.0. The predicted molar refractivity (Wildman–Crippen MR) is 74.3 cm³/mol. The normalized spacial score (nSPS) is 10.6. The summed E-state index contributed by atoms with van der Waals surface area (Å²) >= 11 is 5.78. The first-order valence-corrected chi connectivity index (χ1v) is 6.16. The number of fused-ring (bicyclic) bond motifs is 1. The van der Waals surface area contributed by atoms with E-state index in [-0.39, 0.29) is 0 Å². The van der Waals surface area contributed by atoms with Crippen LogP contribution >= 0.6 is 11.6 Å². The fraction of sp³-hybridized carbons (Fsp3) is 0. The molecule has 0 aliphatic heterocycles. The molecule has 0 amide bonds. The molecule has 2 aromatic carbocycles. The van der Waals surface area contributed by atoms with Crippen molar-refractivity contribution in [3.8, 4) is 0 Å². The van der Waals surface area contributed by atoms with Crippen LogP contribution in [-0.4, -0.2) is 10.7 Å². The molecule has 94 valence electrons. The first-order valence-electron chi connectivity index (χ1n) is 5.78. The highest BCUT2D eigenvalue weighted by atomic mass is 35.5. The van der Waals surface area contributed by atoms with Crippen molar-refractivity contribution in [2.24, 2.45) is 0 Å². The Kier molecular flexibility index (Phi) is 2.97. The lowest BCUT2D eigenvalue weighted by atomic mass is 10.2. The van der Waals surface area contributed by atoms with E-state index in [1.807, 2.05) is 30.3 Å². The smallest absolute Gasteiger partial charge is 0.331 e. The van der Waals surface area contributed by atoms with Crippen molar-refractivity contribution in [2.45, 2.75) is 0 Å². The van der Waals surface area contributed by atoms with Crippen LogP contribution in [0.3, 0.4) is 0 Å². The second kappa shape index (κ2) is 4.78. The van der Waals surface area contributed by atoms with Crippen LogP contribution in [0.1, 0.15) is 10.4 Å². The highest BCUT2D eigenvalue weighted by Gasteiger charge is 2.09. The number of carbonyl (C=O) groups excluding carboxylic acids is 1. The molecule has 0 aliphatic rings. The molecular weight excluding hydrogens is 262 g/mol. The van der Waals surface area contributed by atoms with E-state index in [0.29, 0.717) is 10.6 Å². The van der Waals surface area contributed by atoms with Gasteiger partial charge in [-0.05, 0) is 36.4 Å². The van der Waals surface area contributed by atoms with Gasteiger partial charge in [-0.1, -0.05) is 29.8 Å². The summed E-state index contributed by atoms with van der Waals surface area (Å²) in [5.74, 6) is -0.419. The summed E-state index contributed by atoms with van der Waals surface area (Å²) in [5.41, 5.74) is 1.31. The Hall–Kier alpha value is -2.26. The van der Waals surface area contributed by atoms with Gasteiger partial charge >= 0.3 is 5.97 Å². The second-order valence-corrected chi connectivity index (χ2v) is 4.52. The molecule has 0 saturated heterocycles. The third kappa shape index (κ3) is 2.33. The lowest BCUT2D eigenvalue weighted by Gasteiger charge is -2.06. The van der Waals surface area contributed by atoms with E-state index >= 15 is 0 Å². The largest absolute Gasteiger partial charge is 0.363 e. The van der Waals surface area contributed by atoms with Gasteiger partial charge in [0, 0.05) is 16.6 Å². The van der Waals surface area contributed by atoms with Crippen LogP contribution in [0.25, 0.3) is 10.9 Å². The molecule has 0 spiro atoms. The standard InChI is InChI=1S/C15H10ClNO2/c16-13-7-5-12(6-8-13)15(18)19-17-10-9-11-3-1-2-4-14(11)17/h1-10H. The number of halogens is 1. The van der Waals surface area contributed by atoms with Gasteiger partial charge in [-0.2, -0.15) is 4.73 Å². The minimum Gasteiger partial charge on any atom is -0.331 e. The van der Waals surface area contributed by atoms with Crippen LogP contribution in [0, 0.1) is 0 Å². The molecule has 1 heterocycles. The number of aromatic nitrogens is 1. The van der Waals surface area contributed by atoms with Crippen molar-refractivity contribution in [1.82, 2.24) is 4.73 Å². The fourth-order valence-electron chi connectivity index (χ4n) is 1.87. The molecule has 0 saturated carbocycles. The quantitative estimate of drug-likeness (QED) is 0.714. The van der Waals surface area contributed by atoms with Gasteiger partial charge in [0.2, 0.25) is 0 Å². The number of benzene rings is 2. The number of carbonyl (C=O) groups is 1. The Morgan fingerprint density at radius 2 is 1.74 bits per heavy atom. The van der Waals surface area contributed by atoms with Gasteiger partial charge in [0.05, 0.1) is 11.1 Å². The Morgan fingerprint density at radius 3 is 2.53 bits per heavy atom. The zero-order valence-electron chi connectivity index (χ0n) is 9.92. The van der Waals surface area contributed by atoms with E-state index in [4.69, 9.17) is 16.4 Å². The van der Waals surface area contributed by atoms with Crippen molar-refractivity contribution >= 4 is 28.5 Å². The van der Waals surface area contributed by atoms with Gasteiger partial charge < -0.3 is 4.84 Å². The third-order valence-electron chi connectivity index (χ3n) is 2.82. The van der Waals surface area contributed by atoms with Gasteiger partial charge in [-0.25, -0.2) is 4.79 Å². The van der Waals surface area contributed by atoms with Crippen LogP contribution in [0.2, 0.25) is 5.02 Å². The minimum atomic E-state index is -0.419. The molecule has 0 bridgehead atoms. The highest BCUT2D eigenvalue weighted by Crippen LogP contribution is 2.15. The highest BCUT2D eigenvalue weighted by molar-refractivity contribution is 6.30. The maximum Gasteiger partial charge on any atom is 0.363 e. The summed E-state index contributed by atoms with van der Waals surface area (Å²) < 4.78 is 1.46. The van der Waals surface area contributed by atoms with E-state index in [9.17, 15) is 4.79 Å². The van der Waals surface area contributed by atoms with E-state index in [1.54, 1.807) is 30.5 Å². The summed E-state index contributed by atoms with van der Waals surface area (Å²) in [6.45, 7) is 0. The van der Waals surface area contributed by atoms with Crippen molar-refractivity contribution in [3.63, 3.8) is 0 Å². The average molecular weight is 272 g/mol. The lowest BCUT2D eigenvalue weighted by Crippen LogP contribution is -2.18. The molecule has 1 aromatic heterocycles. The molecule has 3 nitrogen and oxygen atoms in total. The van der Waals surface area contributed by atoms with Gasteiger partial charge in [0.15, 0.2) is 0 Å². The van der Waals surface area contributed by atoms with Crippen LogP contribution in [0.15, 0.2) is 60.8 Å². The lowest BCUT2D eigenvalue weighted by molar-refractivity contribution is 0.0483. The Morgan fingerprint density at radius 1 is 1.00 bits per heavy atom. The Bertz CT molecular complexity index is 731. The number of hydrogen-bond acceptors (Lipinski definition) is 2. The summed E-state index contributed by atoms with van der Waals surface area (Å²) in [6.07, 6.45) is 1.72. The number of para-hydroxylation sites is 1. The molecule has 0 fully saturated rings. The maximum absolute atomic E-state index is 12.0. The molecule has 0 N–H and O–H groups in total. The predicted octanol–water partition coefficient (Wildman–Crippen LogP) is 3.56. The molecule has 0 radical (unpaired) electrons. The molecule has 4 heteroatoms. The molecule has 3 aromatic rings. The summed E-state index contributed by atoms with van der Waals surface area (Å²) in [6, 6.07) is 16.2. The van der Waals surface area contributed by atoms with Crippen LogP contribution in [0.5, 0.6) is 0 Å². The summed E-state index contributed by atoms with van der Waals surface area (Å²) in [7, 11) is 0. The molecular formula is C15H10ClNO2. The van der Waals surface area contributed by atoms with E-state index < -0.39 is 5.97 Å². The number of nitrogens with zero attached hydrogens (tertiary/aromatic N) is 1. The molecule has 3 rings (SSSR count). The SMILES string of the molecule is O=C(On1ccc2ccccc21)c1ccc(Cl)cc1. The molecule has 19 heavy (non-hydrogen) atoms. The summed E-state index contributed by atoms with van der Waals surface area (Å²) in [5, 5.41) is 1.61. The van der Waals surface area contributed by atoms with Gasteiger partial charge in [-0.3, -0.25) is 0 Å². The van der Waals surface area contributed by atoms with Crippen LogP contribution in [0.4, 0.5) is 0 Å². The molecule has 0 unspecified atom stereocenters. The zero-order chi connectivity index (χ0) is 13.2. The minimum absolute atomic E-state index is 0.419. The van der Waals surface area contributed by atoms with Crippen molar-refractivity contribution < 1.29 is 9.63 Å². The van der Waals surface area contributed by atoms with E-state index in [0.717, 1.165) is 10.9 Å². The van der Waals surface area contributed by atoms with Gasteiger partial charge in [-0.15, -0.1) is 0 Å². The monoisotopic (exact) mass is 271 g/mol. The van der Waals surface area contributed by atoms with Crippen LogP contribution in [-0.2, 0) is 0 Å². The summed E-state index contributed by atoms with van der Waals surface area (Å²) in [4.78, 5) is 17.3. The Labute approximate surface area is 114 Å². The Balaban J connectivity index is 1.89. The van der Waals surface area contributed by atoms with Crippen molar-refractivity contribution in [2.75, 3.05) is 0 Å². The van der Waals surface area contributed by atoms with Gasteiger partial charge in [0.25, 0.3) is 0 Å². The van der Waals surface area contributed by atoms with Gasteiger partial charge in [0.1, 0.15) is 0 Å². The van der Waals surface area contributed by atoms with Crippen LogP contribution < -0.4 is 4.84 Å². The van der Waals surface area contributed by atoms with E-state index in [2.05, 4.69) is 0 Å². The average Bonchev–Trinajstić information content (AvgIpc) is 2.83. The third-order valence-corrected chi connectivity index (χ3v) is 3.08. The zero-order valence-corrected chi connectivity index (χ0v) is 10.7. The fourth-order valence-corrected chi connectivity index (χ4v) is 1.99. The number of rotatable bonds is 2. The first kappa shape index (κ1) is 11.8. The van der Waals surface area contributed by atoms with Crippen molar-refractivity contribution in [3.05, 3.63) is 71.4 Å². The number of hydrogen-bond donors (Lipinski definition) is 0.